The molecule has 6 heteroatoms. The minimum absolute atomic E-state index is 0.128. The molecular weight excluding hydrogens is 238 g/mol. The van der Waals surface area contributed by atoms with E-state index in [2.05, 4.69) is 15.2 Å². The minimum Gasteiger partial charge on any atom is -0.306 e. The molecule has 1 atom stereocenters. The highest BCUT2D eigenvalue weighted by atomic mass is 32.2. The van der Waals surface area contributed by atoms with Crippen molar-refractivity contribution in [2.75, 3.05) is 0 Å². The monoisotopic (exact) mass is 251 g/mol. The van der Waals surface area contributed by atoms with Crippen LogP contribution in [0.5, 0.6) is 0 Å². The molecule has 90 valence electrons. The van der Waals surface area contributed by atoms with E-state index in [1.54, 1.807) is 0 Å². The Labute approximate surface area is 102 Å². The zero-order valence-electron chi connectivity index (χ0n) is 9.60. The number of aryl methyl sites for hydroxylation is 2. The molecule has 0 saturated heterocycles. The summed E-state index contributed by atoms with van der Waals surface area (Å²) >= 11 is -1.83. The number of aromatic amines is 1. The lowest BCUT2D eigenvalue weighted by atomic mass is 10.1. The Morgan fingerprint density at radius 2 is 2.18 bits per heavy atom. The first kappa shape index (κ1) is 11.9. The van der Waals surface area contributed by atoms with Crippen LogP contribution in [0.4, 0.5) is 0 Å². The Bertz CT molecular complexity index is 566. The fourth-order valence-electron chi connectivity index (χ4n) is 1.57. The zero-order chi connectivity index (χ0) is 12.4. The molecule has 0 radical (unpaired) electrons. The van der Waals surface area contributed by atoms with Crippen molar-refractivity contribution >= 4 is 11.1 Å². The highest BCUT2D eigenvalue weighted by Gasteiger charge is 2.08. The molecule has 17 heavy (non-hydrogen) atoms. The number of H-pyrrole nitrogens is 1. The van der Waals surface area contributed by atoms with Crippen molar-refractivity contribution in [3.8, 4) is 11.4 Å². The molecule has 1 aromatic heterocycles. The van der Waals surface area contributed by atoms with Gasteiger partial charge in [-0.2, -0.15) is 5.10 Å². The van der Waals surface area contributed by atoms with Gasteiger partial charge in [0.15, 0.2) is 16.9 Å². The fourth-order valence-corrected chi connectivity index (χ4v) is 2.15. The van der Waals surface area contributed by atoms with Gasteiger partial charge < -0.3 is 4.55 Å². The van der Waals surface area contributed by atoms with Crippen LogP contribution < -0.4 is 0 Å². The first-order chi connectivity index (χ1) is 8.06. The van der Waals surface area contributed by atoms with E-state index in [-0.39, 0.29) is 5.75 Å². The third-order valence-corrected chi connectivity index (χ3v) is 3.04. The predicted molar refractivity (Wildman–Crippen MR) is 65.8 cm³/mol. The van der Waals surface area contributed by atoms with E-state index in [0.717, 1.165) is 22.5 Å². The Balaban J connectivity index is 2.40. The van der Waals surface area contributed by atoms with Crippen LogP contribution >= 0.6 is 0 Å². The van der Waals surface area contributed by atoms with Gasteiger partial charge in [0.2, 0.25) is 0 Å². The van der Waals surface area contributed by atoms with E-state index >= 15 is 0 Å². The van der Waals surface area contributed by atoms with E-state index < -0.39 is 11.1 Å². The lowest BCUT2D eigenvalue weighted by molar-refractivity contribution is 0.563. The Morgan fingerprint density at radius 3 is 2.76 bits per heavy atom. The molecule has 0 amide bonds. The Kier molecular flexibility index (Phi) is 3.35. The first-order valence-corrected chi connectivity index (χ1v) is 6.40. The van der Waals surface area contributed by atoms with Gasteiger partial charge in [-0.25, -0.2) is 9.19 Å². The molecule has 0 fully saturated rings. The van der Waals surface area contributed by atoms with Crippen LogP contribution in [-0.2, 0) is 16.8 Å². The second-order valence-corrected chi connectivity index (χ2v) is 4.78. The van der Waals surface area contributed by atoms with Gasteiger partial charge in [0.05, 0.1) is 5.75 Å². The molecule has 5 nitrogen and oxygen atoms in total. The van der Waals surface area contributed by atoms with E-state index in [9.17, 15) is 4.21 Å². The second-order valence-electron chi connectivity index (χ2n) is 3.85. The third kappa shape index (κ3) is 2.78. The quantitative estimate of drug-likeness (QED) is 0.815. The number of aromatic nitrogens is 3. The molecule has 1 aromatic carbocycles. The van der Waals surface area contributed by atoms with Gasteiger partial charge in [-0.1, -0.05) is 12.1 Å². The normalized spacial score (nSPS) is 12.6. The lowest BCUT2D eigenvalue weighted by Gasteiger charge is -2.04. The maximum atomic E-state index is 10.8. The summed E-state index contributed by atoms with van der Waals surface area (Å²) < 4.78 is 19.8. The molecule has 0 aliphatic rings. The van der Waals surface area contributed by atoms with E-state index in [4.69, 9.17) is 4.55 Å². The molecule has 1 heterocycles. The third-order valence-electron chi connectivity index (χ3n) is 2.48. The standard InChI is InChI=1S/C11H13N3O2S/c1-7-3-4-9(5-10(7)6-17(15)16)11-12-8(2)13-14-11/h3-5H,6H2,1-2H3,(H,15,16)(H,12,13,14). The summed E-state index contributed by atoms with van der Waals surface area (Å²) in [6, 6.07) is 5.66. The molecule has 0 saturated carbocycles. The summed E-state index contributed by atoms with van der Waals surface area (Å²) in [5, 5.41) is 6.83. The summed E-state index contributed by atoms with van der Waals surface area (Å²) in [6.45, 7) is 3.74. The summed E-state index contributed by atoms with van der Waals surface area (Å²) in [6.07, 6.45) is 0. The first-order valence-electron chi connectivity index (χ1n) is 5.12. The molecule has 0 aliphatic carbocycles. The second kappa shape index (κ2) is 4.77. The highest BCUT2D eigenvalue weighted by molar-refractivity contribution is 7.78. The van der Waals surface area contributed by atoms with Gasteiger partial charge >= 0.3 is 0 Å². The maximum Gasteiger partial charge on any atom is 0.181 e. The van der Waals surface area contributed by atoms with Crippen molar-refractivity contribution < 1.29 is 8.76 Å². The number of nitrogens with zero attached hydrogens (tertiary/aromatic N) is 2. The molecule has 1 unspecified atom stereocenters. The average Bonchev–Trinajstić information content (AvgIpc) is 2.67. The lowest BCUT2D eigenvalue weighted by Crippen LogP contribution is -1.96. The zero-order valence-corrected chi connectivity index (χ0v) is 10.4. The fraction of sp³-hybridized carbons (Fsp3) is 0.273. The smallest absolute Gasteiger partial charge is 0.181 e. The topological polar surface area (TPSA) is 78.9 Å². The van der Waals surface area contributed by atoms with Crippen LogP contribution in [0.2, 0.25) is 0 Å². The van der Waals surface area contributed by atoms with Crippen molar-refractivity contribution in [2.24, 2.45) is 0 Å². The van der Waals surface area contributed by atoms with Crippen LogP contribution in [0.25, 0.3) is 11.4 Å². The van der Waals surface area contributed by atoms with Crippen molar-refractivity contribution in [2.45, 2.75) is 19.6 Å². The summed E-state index contributed by atoms with van der Waals surface area (Å²) in [4.78, 5) is 4.23. The summed E-state index contributed by atoms with van der Waals surface area (Å²) in [5.74, 6) is 1.48. The molecule has 2 N–H and O–H groups in total. The van der Waals surface area contributed by atoms with Crippen LogP contribution in [-0.4, -0.2) is 23.9 Å². The van der Waals surface area contributed by atoms with Gasteiger partial charge in [-0.3, -0.25) is 5.10 Å². The number of nitrogens with one attached hydrogen (secondary N) is 1. The van der Waals surface area contributed by atoms with E-state index in [1.165, 1.54) is 0 Å². The molecule has 0 bridgehead atoms. The molecule has 2 rings (SSSR count). The largest absolute Gasteiger partial charge is 0.306 e. The van der Waals surface area contributed by atoms with Crippen LogP contribution in [0, 0.1) is 13.8 Å². The number of hydrogen-bond donors (Lipinski definition) is 2. The van der Waals surface area contributed by atoms with Gasteiger partial charge in [-0.05, 0) is 31.0 Å². The molecule has 0 aliphatic heterocycles. The van der Waals surface area contributed by atoms with Crippen molar-refractivity contribution in [3.05, 3.63) is 35.2 Å². The maximum absolute atomic E-state index is 10.8. The summed E-state index contributed by atoms with van der Waals surface area (Å²) in [7, 11) is 0. The molecule has 2 aromatic rings. The Morgan fingerprint density at radius 1 is 1.41 bits per heavy atom. The molecular formula is C11H13N3O2S. The molecule has 0 spiro atoms. The van der Waals surface area contributed by atoms with Crippen LogP contribution in [0.15, 0.2) is 18.2 Å². The van der Waals surface area contributed by atoms with Gasteiger partial charge in [0, 0.05) is 5.56 Å². The number of benzene rings is 1. The predicted octanol–water partition coefficient (Wildman–Crippen LogP) is 1.81. The SMILES string of the molecule is Cc1nc(-c2ccc(C)c(CS(=O)O)c2)n[nH]1. The van der Waals surface area contributed by atoms with Crippen LogP contribution in [0.3, 0.4) is 0 Å². The van der Waals surface area contributed by atoms with Gasteiger partial charge in [-0.15, -0.1) is 0 Å². The van der Waals surface area contributed by atoms with Gasteiger partial charge in [0.1, 0.15) is 5.82 Å². The number of rotatable bonds is 3. The van der Waals surface area contributed by atoms with Crippen molar-refractivity contribution in [1.82, 2.24) is 15.2 Å². The van der Waals surface area contributed by atoms with Crippen molar-refractivity contribution in [1.29, 1.82) is 0 Å². The van der Waals surface area contributed by atoms with Gasteiger partial charge in [0.25, 0.3) is 0 Å². The van der Waals surface area contributed by atoms with Crippen molar-refractivity contribution in [3.63, 3.8) is 0 Å². The van der Waals surface area contributed by atoms with Crippen LogP contribution in [0.1, 0.15) is 17.0 Å². The van der Waals surface area contributed by atoms with E-state index in [0.29, 0.717) is 5.82 Å². The van der Waals surface area contributed by atoms with E-state index in [1.807, 2.05) is 32.0 Å². The minimum atomic E-state index is -1.83. The summed E-state index contributed by atoms with van der Waals surface area (Å²) in [5.41, 5.74) is 2.68. The average molecular weight is 251 g/mol. The Hall–Kier alpha value is -1.53. The number of hydrogen-bond acceptors (Lipinski definition) is 3. The highest BCUT2D eigenvalue weighted by Crippen LogP contribution is 2.20.